The summed E-state index contributed by atoms with van der Waals surface area (Å²) in [6, 6.07) is 100.0. The van der Waals surface area contributed by atoms with Crippen molar-refractivity contribution in [2.24, 2.45) is 0 Å². The molecule has 0 atom stereocenters. The molecule has 0 aliphatic heterocycles. The molecule has 352 valence electrons. The highest BCUT2D eigenvalue weighted by atomic mass is 15.1. The molecule has 13 rings (SSSR count). The van der Waals surface area contributed by atoms with Gasteiger partial charge in [-0.2, -0.15) is 0 Å². The monoisotopic (exact) mass is 957 g/mol. The second-order valence-electron chi connectivity index (χ2n) is 18.6. The molecule has 0 radical (unpaired) electrons. The van der Waals surface area contributed by atoms with Crippen LogP contribution in [0.25, 0.3) is 112 Å². The highest BCUT2D eigenvalue weighted by Gasteiger charge is 2.19. The lowest BCUT2D eigenvalue weighted by molar-refractivity contribution is 1.28. The van der Waals surface area contributed by atoms with Crippen molar-refractivity contribution in [3.8, 4) is 89.5 Å². The number of rotatable bonds is 11. The van der Waals surface area contributed by atoms with Crippen LogP contribution in [0.3, 0.4) is 0 Å². The highest BCUT2D eigenvalue weighted by molar-refractivity contribution is 5.91. The van der Waals surface area contributed by atoms with Gasteiger partial charge in [-0.3, -0.25) is 0 Å². The minimum Gasteiger partial charge on any atom is -0.310 e. The van der Waals surface area contributed by atoms with Crippen LogP contribution in [0.15, 0.2) is 285 Å². The van der Waals surface area contributed by atoms with Gasteiger partial charge in [-0.15, -0.1) is 0 Å². The van der Waals surface area contributed by atoms with E-state index < -0.39 is 0 Å². The Morgan fingerprint density at radius 2 is 0.427 bits per heavy atom. The minimum absolute atomic E-state index is 0.840. The second kappa shape index (κ2) is 19.8. The van der Waals surface area contributed by atoms with Crippen LogP contribution in [0.5, 0.6) is 0 Å². The zero-order chi connectivity index (χ0) is 49.9. The van der Waals surface area contributed by atoms with E-state index in [4.69, 9.17) is 19.9 Å². The smallest absolute Gasteiger partial charge is 0.0973 e. The molecular weight excluding hydrogens is 911 g/mol. The molecule has 0 fully saturated rings. The minimum atomic E-state index is 0.840. The molecule has 0 saturated heterocycles. The number of nitrogens with zero attached hydrogens (tertiary/aromatic N) is 5. The summed E-state index contributed by atoms with van der Waals surface area (Å²) in [5.74, 6) is 0. The van der Waals surface area contributed by atoms with Crippen molar-refractivity contribution >= 4 is 39.1 Å². The Kier molecular flexibility index (Phi) is 11.9. The van der Waals surface area contributed by atoms with E-state index in [9.17, 15) is 0 Å². The molecule has 2 heterocycles. The summed E-state index contributed by atoms with van der Waals surface area (Å²) < 4.78 is 0. The fourth-order valence-electron chi connectivity index (χ4n) is 10.1. The molecular formula is C70H47N5. The lowest BCUT2D eigenvalue weighted by atomic mass is 9.97. The number of anilines is 3. The van der Waals surface area contributed by atoms with Crippen molar-refractivity contribution in [2.45, 2.75) is 0 Å². The van der Waals surface area contributed by atoms with Gasteiger partial charge in [0.2, 0.25) is 0 Å². The summed E-state index contributed by atoms with van der Waals surface area (Å²) in [7, 11) is 0. The van der Waals surface area contributed by atoms with Crippen LogP contribution in [0.1, 0.15) is 0 Å². The van der Waals surface area contributed by atoms with E-state index in [0.717, 1.165) is 118 Å². The van der Waals surface area contributed by atoms with E-state index >= 15 is 0 Å². The van der Waals surface area contributed by atoms with Crippen molar-refractivity contribution in [1.29, 1.82) is 0 Å². The van der Waals surface area contributed by atoms with Crippen LogP contribution in [-0.2, 0) is 0 Å². The number of hydrogen-bond donors (Lipinski definition) is 0. The molecule has 0 N–H and O–H groups in total. The average Bonchev–Trinajstić information content (AvgIpc) is 3.50. The van der Waals surface area contributed by atoms with Gasteiger partial charge in [-0.05, 0) is 117 Å². The Morgan fingerprint density at radius 1 is 0.173 bits per heavy atom. The van der Waals surface area contributed by atoms with E-state index in [1.165, 1.54) is 11.1 Å². The molecule has 5 nitrogen and oxygen atoms in total. The molecule has 0 amide bonds. The van der Waals surface area contributed by atoms with Crippen molar-refractivity contribution in [3.63, 3.8) is 0 Å². The van der Waals surface area contributed by atoms with E-state index in [1.807, 2.05) is 60.7 Å². The molecule has 2 aromatic heterocycles. The van der Waals surface area contributed by atoms with Crippen molar-refractivity contribution in [1.82, 2.24) is 19.9 Å². The Bertz CT molecular complexity index is 3910. The molecule has 13 aromatic rings. The van der Waals surface area contributed by atoms with Gasteiger partial charge in [0.25, 0.3) is 0 Å². The first kappa shape index (κ1) is 44.8. The summed E-state index contributed by atoms with van der Waals surface area (Å²) in [6.07, 6.45) is 0. The zero-order valence-electron chi connectivity index (χ0n) is 40.9. The first-order valence-corrected chi connectivity index (χ1v) is 25.3. The average molecular weight is 958 g/mol. The number of benzene rings is 11. The molecule has 0 spiro atoms. The molecule has 5 heteroatoms. The SMILES string of the molecule is c1ccc(-c2ccc(-c3nc4ccccc4nc3-c3cccc(-c4cccc(N(c5ccccc5)c5cccc(-c6cccc(-c7nc8ccccc8nc7-c7ccc(-c8ccccc8)cc7)c6)c5)c4)c3)cc2)cc1. The maximum Gasteiger partial charge on any atom is 0.0973 e. The van der Waals surface area contributed by atoms with E-state index in [1.54, 1.807) is 0 Å². The third-order valence-electron chi connectivity index (χ3n) is 13.8. The van der Waals surface area contributed by atoms with Crippen molar-refractivity contribution in [3.05, 3.63) is 285 Å². The van der Waals surface area contributed by atoms with Gasteiger partial charge < -0.3 is 4.90 Å². The lowest BCUT2D eigenvalue weighted by Gasteiger charge is -2.26. The number of fused-ring (bicyclic) bond motifs is 2. The zero-order valence-corrected chi connectivity index (χ0v) is 40.9. The topological polar surface area (TPSA) is 54.8 Å². The summed E-state index contributed by atoms with van der Waals surface area (Å²) in [5, 5.41) is 0. The van der Waals surface area contributed by atoms with Gasteiger partial charge in [0.1, 0.15) is 0 Å². The number of para-hydroxylation sites is 5. The Balaban J connectivity index is 0.856. The van der Waals surface area contributed by atoms with Crippen molar-refractivity contribution in [2.75, 3.05) is 4.90 Å². The van der Waals surface area contributed by atoms with Gasteiger partial charge >= 0.3 is 0 Å². The Morgan fingerprint density at radius 3 is 0.813 bits per heavy atom. The summed E-state index contributed by atoms with van der Waals surface area (Å²) in [4.78, 5) is 23.4. The van der Waals surface area contributed by atoms with E-state index in [0.29, 0.717) is 0 Å². The van der Waals surface area contributed by atoms with Crippen molar-refractivity contribution < 1.29 is 0 Å². The van der Waals surface area contributed by atoms with Gasteiger partial charge in [-0.25, -0.2) is 19.9 Å². The van der Waals surface area contributed by atoms with Crippen LogP contribution >= 0.6 is 0 Å². The molecule has 0 aliphatic carbocycles. The van der Waals surface area contributed by atoms with Gasteiger partial charge in [-0.1, -0.05) is 212 Å². The molecule has 0 aliphatic rings. The highest BCUT2D eigenvalue weighted by Crippen LogP contribution is 2.41. The Labute approximate surface area is 436 Å². The first-order valence-electron chi connectivity index (χ1n) is 25.3. The molecule has 0 saturated carbocycles. The maximum absolute atomic E-state index is 5.28. The van der Waals surface area contributed by atoms with E-state index in [2.05, 4.69) is 229 Å². The summed E-state index contributed by atoms with van der Waals surface area (Å²) in [6.45, 7) is 0. The van der Waals surface area contributed by atoms with Gasteiger partial charge in [0.15, 0.2) is 0 Å². The van der Waals surface area contributed by atoms with Crippen LogP contribution in [0, 0.1) is 0 Å². The normalized spacial score (nSPS) is 11.2. The van der Waals surface area contributed by atoms with Crippen LogP contribution < -0.4 is 4.90 Å². The number of hydrogen-bond acceptors (Lipinski definition) is 5. The third kappa shape index (κ3) is 9.11. The third-order valence-corrected chi connectivity index (χ3v) is 13.8. The molecule has 75 heavy (non-hydrogen) atoms. The number of aromatic nitrogens is 4. The Hall–Kier alpha value is -10.1. The standard InChI is InChI=1S/C70H47N5/c1-4-18-48(19-5-1)50-36-40-52(41-37-50)67-69(73-65-34-12-10-32-63(65)71-67)58-26-14-22-54(44-58)56-24-16-30-61(46-56)75(60-28-8-3-9-29-60)62-31-17-25-57(47-62)55-23-15-27-59(45-55)70-68(72-64-33-11-13-35-66(64)74-70)53-42-38-51(39-43-53)49-20-6-2-7-21-49/h1-47H. The second-order valence-corrected chi connectivity index (χ2v) is 18.6. The molecule has 0 unspecified atom stereocenters. The van der Waals surface area contributed by atoms with Crippen LogP contribution in [0.4, 0.5) is 17.1 Å². The lowest BCUT2D eigenvalue weighted by Crippen LogP contribution is -2.10. The van der Waals surface area contributed by atoms with Crippen LogP contribution in [-0.4, -0.2) is 19.9 Å². The summed E-state index contributed by atoms with van der Waals surface area (Å²) in [5.41, 5.74) is 23.0. The van der Waals surface area contributed by atoms with Crippen LogP contribution in [0.2, 0.25) is 0 Å². The molecule has 0 bridgehead atoms. The predicted molar refractivity (Wildman–Crippen MR) is 311 cm³/mol. The fourth-order valence-corrected chi connectivity index (χ4v) is 10.1. The van der Waals surface area contributed by atoms with E-state index in [-0.39, 0.29) is 0 Å². The first-order chi connectivity index (χ1) is 37.1. The largest absolute Gasteiger partial charge is 0.310 e. The summed E-state index contributed by atoms with van der Waals surface area (Å²) >= 11 is 0. The predicted octanol–water partition coefficient (Wildman–Crippen LogP) is 18.4. The molecule has 11 aromatic carbocycles. The quantitative estimate of drug-likeness (QED) is 0.129. The fraction of sp³-hybridized carbons (Fsp3) is 0. The van der Waals surface area contributed by atoms with Gasteiger partial charge in [0.05, 0.1) is 44.8 Å². The maximum atomic E-state index is 5.28. The van der Waals surface area contributed by atoms with Gasteiger partial charge in [0, 0.05) is 39.3 Å².